The maximum atomic E-state index is 13.1. The van der Waals surface area contributed by atoms with E-state index in [9.17, 15) is 31.1 Å². The number of hydrogen-bond donors (Lipinski definition) is 2. The largest absolute Gasteiger partial charge is 0.454 e. The lowest BCUT2D eigenvalue weighted by atomic mass is 10.0. The van der Waals surface area contributed by atoms with E-state index in [0.29, 0.717) is 31.5 Å². The first-order valence-corrected chi connectivity index (χ1v) is 12.9. The average Bonchev–Trinajstić information content (AvgIpc) is 2.95. The highest BCUT2D eigenvalue weighted by Gasteiger charge is 2.31. The number of aromatic nitrogens is 3. The third-order valence-corrected chi connectivity index (χ3v) is 6.54. The quantitative estimate of drug-likeness (QED) is 0.239. The van der Waals surface area contributed by atoms with Gasteiger partial charge in [0, 0.05) is 30.4 Å². The first-order valence-electron chi connectivity index (χ1n) is 12.9. The van der Waals surface area contributed by atoms with E-state index in [2.05, 4.69) is 30.3 Å². The third-order valence-electron chi connectivity index (χ3n) is 6.54. The monoisotopic (exact) mass is 590 g/mol. The molecule has 42 heavy (non-hydrogen) atoms. The number of nitrogens with one attached hydrogen (secondary N) is 2. The Bertz CT molecular complexity index is 1570. The number of rotatable bonds is 7. The molecule has 8 nitrogen and oxygen atoms in total. The van der Waals surface area contributed by atoms with Crippen LogP contribution >= 0.6 is 0 Å². The van der Waals surface area contributed by atoms with Crippen molar-refractivity contribution in [3.8, 4) is 6.01 Å². The number of hydrogen-bond acceptors (Lipinski definition) is 7. The van der Waals surface area contributed by atoms with Gasteiger partial charge in [-0.3, -0.25) is 4.79 Å². The highest BCUT2D eigenvalue weighted by molar-refractivity contribution is 5.98. The van der Waals surface area contributed by atoms with E-state index in [4.69, 9.17) is 0 Å². The molecule has 0 radical (unpaired) electrons. The van der Waals surface area contributed by atoms with E-state index >= 15 is 0 Å². The van der Waals surface area contributed by atoms with Gasteiger partial charge in [0.25, 0.3) is 5.91 Å². The van der Waals surface area contributed by atoms with Gasteiger partial charge in [0.05, 0.1) is 5.56 Å². The van der Waals surface area contributed by atoms with Gasteiger partial charge in [0.15, 0.2) is 6.61 Å². The Hall–Kier alpha value is -4.62. The molecule has 220 valence electrons. The van der Waals surface area contributed by atoms with Crippen molar-refractivity contribution in [1.29, 1.82) is 0 Å². The molecule has 1 aliphatic heterocycles. The molecule has 1 fully saturated rings. The zero-order valence-electron chi connectivity index (χ0n) is 21.8. The standard InChI is InChI=1S/C28H24F6N6O2/c29-27(30,31)16-42-26-38-24(37-25(39-26)36-22-7-3-6-20(15-22)28(32,33)34)35-21-10-12-40(13-11-21)23(41)19-9-8-17-4-1-2-5-18(17)14-19/h1-9,14-15,21H,10-13,16H2,(H2,35,36,37,38,39). The highest BCUT2D eigenvalue weighted by Crippen LogP contribution is 2.31. The molecule has 3 aromatic carbocycles. The van der Waals surface area contributed by atoms with Crippen LogP contribution in [0, 0.1) is 0 Å². The van der Waals surface area contributed by atoms with Crippen LogP contribution in [0.5, 0.6) is 6.01 Å². The van der Waals surface area contributed by atoms with Crippen LogP contribution in [0.15, 0.2) is 66.7 Å². The minimum absolute atomic E-state index is 0.0377. The van der Waals surface area contributed by atoms with Gasteiger partial charge >= 0.3 is 18.4 Å². The maximum Gasteiger partial charge on any atom is 0.422 e. The highest BCUT2D eigenvalue weighted by atomic mass is 19.4. The number of halogens is 6. The summed E-state index contributed by atoms with van der Waals surface area (Å²) in [7, 11) is 0. The lowest BCUT2D eigenvalue weighted by Gasteiger charge is -2.32. The van der Waals surface area contributed by atoms with Crippen LogP contribution < -0.4 is 15.4 Å². The summed E-state index contributed by atoms with van der Waals surface area (Å²) in [6, 6.07) is 16.5. The summed E-state index contributed by atoms with van der Waals surface area (Å²) in [6.45, 7) is -0.864. The van der Waals surface area contributed by atoms with Crippen LogP contribution in [0.2, 0.25) is 0 Å². The number of likely N-dealkylation sites (tertiary alicyclic amines) is 1. The normalized spacial score (nSPS) is 14.6. The summed E-state index contributed by atoms with van der Waals surface area (Å²) in [6.07, 6.45) is -8.30. The number of carbonyl (C=O) groups excluding carboxylic acids is 1. The Morgan fingerprint density at radius 3 is 2.29 bits per heavy atom. The molecule has 0 atom stereocenters. The summed E-state index contributed by atoms with van der Waals surface area (Å²) < 4.78 is 82.3. The first kappa shape index (κ1) is 28.9. The lowest BCUT2D eigenvalue weighted by molar-refractivity contribution is -0.154. The maximum absolute atomic E-state index is 13.1. The number of anilines is 3. The van der Waals surface area contributed by atoms with E-state index in [1.54, 1.807) is 11.0 Å². The summed E-state index contributed by atoms with van der Waals surface area (Å²) in [5.41, 5.74) is -0.406. The van der Waals surface area contributed by atoms with Gasteiger partial charge in [-0.15, -0.1) is 0 Å². The zero-order valence-corrected chi connectivity index (χ0v) is 21.8. The van der Waals surface area contributed by atoms with Gasteiger partial charge in [0.2, 0.25) is 11.9 Å². The zero-order chi connectivity index (χ0) is 29.9. The number of piperidine rings is 1. The van der Waals surface area contributed by atoms with Gasteiger partial charge in [-0.1, -0.05) is 36.4 Å². The molecule has 0 spiro atoms. The first-order chi connectivity index (χ1) is 19.9. The van der Waals surface area contributed by atoms with E-state index in [0.717, 1.165) is 22.9 Å². The lowest BCUT2D eigenvalue weighted by Crippen LogP contribution is -2.42. The van der Waals surface area contributed by atoms with Gasteiger partial charge in [-0.25, -0.2) is 0 Å². The molecule has 5 rings (SSSR count). The third kappa shape index (κ3) is 7.36. The molecule has 0 saturated carbocycles. The molecular formula is C28H24F6N6O2. The van der Waals surface area contributed by atoms with Gasteiger partial charge in [0.1, 0.15) is 0 Å². The van der Waals surface area contributed by atoms with Gasteiger partial charge in [-0.2, -0.15) is 41.3 Å². The minimum Gasteiger partial charge on any atom is -0.454 e. The van der Waals surface area contributed by atoms with Crippen molar-refractivity contribution >= 4 is 34.3 Å². The number of benzene rings is 3. The molecule has 1 saturated heterocycles. The summed E-state index contributed by atoms with van der Waals surface area (Å²) in [5, 5.41) is 7.56. The number of carbonyl (C=O) groups is 1. The second-order valence-corrected chi connectivity index (χ2v) is 9.65. The van der Waals surface area contributed by atoms with E-state index < -0.39 is 30.5 Å². The smallest absolute Gasteiger partial charge is 0.422 e. The van der Waals surface area contributed by atoms with Crippen LogP contribution in [0.3, 0.4) is 0 Å². The van der Waals surface area contributed by atoms with Gasteiger partial charge in [-0.05, 0) is 53.9 Å². The van der Waals surface area contributed by atoms with Crippen LogP contribution in [-0.4, -0.2) is 57.7 Å². The second kappa shape index (κ2) is 11.7. The summed E-state index contributed by atoms with van der Waals surface area (Å²) in [5.74, 6) is -0.557. The number of alkyl halides is 6. The molecule has 1 aliphatic rings. The van der Waals surface area contributed by atoms with Crippen LogP contribution in [0.4, 0.5) is 43.9 Å². The predicted octanol–water partition coefficient (Wildman–Crippen LogP) is 6.45. The Labute approximate surface area is 235 Å². The second-order valence-electron chi connectivity index (χ2n) is 9.65. The molecule has 0 bridgehead atoms. The van der Waals surface area contributed by atoms with Crippen molar-refractivity contribution in [2.45, 2.75) is 31.2 Å². The average molecular weight is 591 g/mol. The Balaban J connectivity index is 1.27. The van der Waals surface area contributed by atoms with Crippen LogP contribution in [-0.2, 0) is 6.18 Å². The fourth-order valence-electron chi connectivity index (χ4n) is 4.50. The fraction of sp³-hybridized carbons (Fsp3) is 0.286. The summed E-state index contributed by atoms with van der Waals surface area (Å²) >= 11 is 0. The Morgan fingerprint density at radius 1 is 0.857 bits per heavy atom. The number of amides is 1. The predicted molar refractivity (Wildman–Crippen MR) is 143 cm³/mol. The molecule has 14 heteroatoms. The number of nitrogens with zero attached hydrogens (tertiary/aromatic N) is 4. The fourth-order valence-corrected chi connectivity index (χ4v) is 4.50. The molecule has 0 aliphatic carbocycles. The Morgan fingerprint density at radius 2 is 1.57 bits per heavy atom. The van der Waals surface area contributed by atoms with Crippen LogP contribution in [0.1, 0.15) is 28.8 Å². The number of fused-ring (bicyclic) bond motifs is 1. The van der Waals surface area contributed by atoms with Crippen molar-refractivity contribution in [1.82, 2.24) is 19.9 Å². The van der Waals surface area contributed by atoms with Crippen molar-refractivity contribution in [3.63, 3.8) is 0 Å². The van der Waals surface area contributed by atoms with Crippen molar-refractivity contribution in [2.75, 3.05) is 30.3 Å². The molecule has 2 N–H and O–H groups in total. The SMILES string of the molecule is O=C(c1ccc2ccccc2c1)N1CCC(Nc2nc(Nc3cccc(C(F)(F)F)c3)nc(OCC(F)(F)F)n2)CC1. The van der Waals surface area contributed by atoms with Crippen molar-refractivity contribution in [2.24, 2.45) is 0 Å². The molecule has 1 amide bonds. The van der Waals surface area contributed by atoms with E-state index in [-0.39, 0.29) is 29.5 Å². The van der Waals surface area contributed by atoms with Crippen molar-refractivity contribution < 1.29 is 35.9 Å². The number of ether oxygens (including phenoxy) is 1. The van der Waals surface area contributed by atoms with Crippen molar-refractivity contribution in [3.05, 3.63) is 77.9 Å². The Kier molecular flexibility index (Phi) is 8.05. The van der Waals surface area contributed by atoms with Gasteiger partial charge < -0.3 is 20.3 Å². The van der Waals surface area contributed by atoms with E-state index in [1.807, 2.05) is 36.4 Å². The molecule has 2 heterocycles. The molecular weight excluding hydrogens is 566 g/mol. The molecule has 4 aromatic rings. The minimum atomic E-state index is -4.67. The topological polar surface area (TPSA) is 92.3 Å². The molecule has 0 unspecified atom stereocenters. The molecule has 1 aromatic heterocycles. The summed E-state index contributed by atoms with van der Waals surface area (Å²) in [4.78, 5) is 26.6. The van der Waals surface area contributed by atoms with Crippen LogP contribution in [0.25, 0.3) is 10.8 Å². The van der Waals surface area contributed by atoms with E-state index in [1.165, 1.54) is 12.1 Å².